The maximum absolute atomic E-state index is 12.5. The molecule has 0 saturated carbocycles. The van der Waals surface area contributed by atoms with Crippen LogP contribution in [0, 0.1) is 0 Å². The lowest BCUT2D eigenvalue weighted by molar-refractivity contribution is -0.141. The van der Waals surface area contributed by atoms with Crippen molar-refractivity contribution in [3.63, 3.8) is 0 Å². The SMILES string of the molecule is CC(C)NC(=O)Nc1cccc(C(=O)N2CCC[C@@H]2C(=O)O)c1. The molecular weight excluding hydrogens is 298 g/mol. The lowest BCUT2D eigenvalue weighted by atomic mass is 10.1. The second-order valence-electron chi connectivity index (χ2n) is 5.83. The van der Waals surface area contributed by atoms with Crippen molar-refractivity contribution >= 4 is 23.6 Å². The lowest BCUT2D eigenvalue weighted by Gasteiger charge is -2.21. The van der Waals surface area contributed by atoms with Crippen LogP contribution in [-0.4, -0.2) is 46.5 Å². The van der Waals surface area contributed by atoms with Crippen LogP contribution in [0.2, 0.25) is 0 Å². The number of rotatable bonds is 4. The number of nitrogens with zero attached hydrogens (tertiary/aromatic N) is 1. The molecule has 1 saturated heterocycles. The van der Waals surface area contributed by atoms with Crippen LogP contribution < -0.4 is 10.6 Å². The van der Waals surface area contributed by atoms with Crippen molar-refractivity contribution in [2.75, 3.05) is 11.9 Å². The third-order valence-electron chi connectivity index (χ3n) is 3.59. The fraction of sp³-hybridized carbons (Fsp3) is 0.438. The highest BCUT2D eigenvalue weighted by Crippen LogP contribution is 2.21. The Morgan fingerprint density at radius 2 is 2.04 bits per heavy atom. The van der Waals surface area contributed by atoms with Crippen LogP contribution in [-0.2, 0) is 4.79 Å². The Balaban J connectivity index is 2.11. The summed E-state index contributed by atoms with van der Waals surface area (Å²) in [5.74, 6) is -1.32. The van der Waals surface area contributed by atoms with Crippen molar-refractivity contribution in [2.24, 2.45) is 0 Å². The third-order valence-corrected chi connectivity index (χ3v) is 3.59. The number of nitrogens with one attached hydrogen (secondary N) is 2. The summed E-state index contributed by atoms with van der Waals surface area (Å²) in [5, 5.41) is 14.5. The van der Waals surface area contributed by atoms with Crippen molar-refractivity contribution in [3.8, 4) is 0 Å². The first-order valence-corrected chi connectivity index (χ1v) is 7.60. The molecule has 1 aromatic carbocycles. The van der Waals surface area contributed by atoms with Crippen LogP contribution in [0.5, 0.6) is 0 Å². The van der Waals surface area contributed by atoms with Crippen molar-refractivity contribution in [1.82, 2.24) is 10.2 Å². The summed E-state index contributed by atoms with van der Waals surface area (Å²) >= 11 is 0. The first-order valence-electron chi connectivity index (χ1n) is 7.60. The van der Waals surface area contributed by atoms with E-state index in [0.717, 1.165) is 0 Å². The molecule has 2 rings (SSSR count). The van der Waals surface area contributed by atoms with Crippen molar-refractivity contribution in [2.45, 2.75) is 38.8 Å². The number of hydrogen-bond donors (Lipinski definition) is 3. The maximum Gasteiger partial charge on any atom is 0.326 e. The third kappa shape index (κ3) is 4.21. The van der Waals surface area contributed by atoms with Gasteiger partial charge in [-0.3, -0.25) is 4.79 Å². The van der Waals surface area contributed by atoms with Gasteiger partial charge in [-0.1, -0.05) is 6.07 Å². The van der Waals surface area contributed by atoms with E-state index in [1.54, 1.807) is 24.3 Å². The molecule has 1 aliphatic rings. The van der Waals surface area contributed by atoms with Crippen LogP contribution in [0.4, 0.5) is 10.5 Å². The number of carboxylic acids is 1. The minimum Gasteiger partial charge on any atom is -0.480 e. The number of aliphatic carboxylic acids is 1. The molecular formula is C16H21N3O4. The van der Waals surface area contributed by atoms with Crippen LogP contribution in [0.3, 0.4) is 0 Å². The van der Waals surface area contributed by atoms with Gasteiger partial charge in [-0.05, 0) is 44.9 Å². The number of benzene rings is 1. The lowest BCUT2D eigenvalue weighted by Crippen LogP contribution is -2.40. The van der Waals surface area contributed by atoms with Gasteiger partial charge in [-0.25, -0.2) is 9.59 Å². The normalized spacial score (nSPS) is 17.2. The molecule has 1 heterocycles. The van der Waals surface area contributed by atoms with Gasteiger partial charge in [0.15, 0.2) is 0 Å². The van der Waals surface area contributed by atoms with Crippen LogP contribution >= 0.6 is 0 Å². The minimum absolute atomic E-state index is 0.000685. The van der Waals surface area contributed by atoms with E-state index < -0.39 is 12.0 Å². The van der Waals surface area contributed by atoms with E-state index in [4.69, 9.17) is 0 Å². The second kappa shape index (κ2) is 7.13. The number of urea groups is 1. The van der Waals surface area contributed by atoms with Gasteiger partial charge >= 0.3 is 12.0 Å². The molecule has 0 spiro atoms. The molecule has 0 bridgehead atoms. The standard InChI is InChI=1S/C16H21N3O4/c1-10(2)17-16(23)18-12-6-3-5-11(9-12)14(20)19-8-4-7-13(19)15(21)22/h3,5-6,9-10,13H,4,7-8H2,1-2H3,(H,21,22)(H2,17,18,23)/t13-/m1/s1. The molecule has 124 valence electrons. The largest absolute Gasteiger partial charge is 0.480 e. The number of amides is 3. The smallest absolute Gasteiger partial charge is 0.326 e. The minimum atomic E-state index is -0.985. The Kier molecular flexibility index (Phi) is 5.20. The Morgan fingerprint density at radius 1 is 1.30 bits per heavy atom. The van der Waals surface area contributed by atoms with Crippen LogP contribution in [0.15, 0.2) is 24.3 Å². The van der Waals surface area contributed by atoms with Gasteiger partial charge in [0.1, 0.15) is 6.04 Å². The summed E-state index contributed by atoms with van der Waals surface area (Å²) in [4.78, 5) is 36.8. The monoisotopic (exact) mass is 319 g/mol. The zero-order valence-corrected chi connectivity index (χ0v) is 13.2. The van der Waals surface area contributed by atoms with E-state index in [1.807, 2.05) is 13.8 Å². The molecule has 0 aliphatic carbocycles. The van der Waals surface area contributed by atoms with Gasteiger partial charge in [0.2, 0.25) is 0 Å². The molecule has 0 unspecified atom stereocenters. The molecule has 3 amide bonds. The highest BCUT2D eigenvalue weighted by molar-refractivity contribution is 5.98. The van der Waals surface area contributed by atoms with E-state index in [-0.39, 0.29) is 18.0 Å². The fourth-order valence-corrected chi connectivity index (χ4v) is 2.59. The van der Waals surface area contributed by atoms with E-state index in [0.29, 0.717) is 30.6 Å². The molecule has 7 heteroatoms. The number of hydrogen-bond acceptors (Lipinski definition) is 3. The van der Waals surface area contributed by atoms with Gasteiger partial charge in [0.05, 0.1) is 0 Å². The Morgan fingerprint density at radius 3 is 2.70 bits per heavy atom. The van der Waals surface area contributed by atoms with Gasteiger partial charge in [0, 0.05) is 23.8 Å². The number of likely N-dealkylation sites (tertiary alicyclic amines) is 1. The molecule has 23 heavy (non-hydrogen) atoms. The van der Waals surface area contributed by atoms with Crippen molar-refractivity contribution in [1.29, 1.82) is 0 Å². The topological polar surface area (TPSA) is 98.7 Å². The van der Waals surface area contributed by atoms with E-state index in [1.165, 1.54) is 4.90 Å². The fourth-order valence-electron chi connectivity index (χ4n) is 2.59. The number of carbonyl (C=O) groups excluding carboxylic acids is 2. The molecule has 7 nitrogen and oxygen atoms in total. The summed E-state index contributed by atoms with van der Waals surface area (Å²) in [5.41, 5.74) is 0.848. The highest BCUT2D eigenvalue weighted by atomic mass is 16.4. The van der Waals surface area contributed by atoms with E-state index in [9.17, 15) is 19.5 Å². The molecule has 1 aliphatic heterocycles. The first-order chi connectivity index (χ1) is 10.9. The van der Waals surface area contributed by atoms with Crippen molar-refractivity contribution < 1.29 is 19.5 Å². The average Bonchev–Trinajstić information content (AvgIpc) is 2.95. The summed E-state index contributed by atoms with van der Waals surface area (Å²) in [7, 11) is 0. The predicted octanol–water partition coefficient (Wildman–Crippen LogP) is 1.91. The maximum atomic E-state index is 12.5. The zero-order chi connectivity index (χ0) is 17.0. The number of anilines is 1. The highest BCUT2D eigenvalue weighted by Gasteiger charge is 2.34. The van der Waals surface area contributed by atoms with E-state index >= 15 is 0 Å². The van der Waals surface area contributed by atoms with Crippen molar-refractivity contribution in [3.05, 3.63) is 29.8 Å². The molecule has 3 N–H and O–H groups in total. The molecule has 0 radical (unpaired) electrons. The van der Waals surface area contributed by atoms with Crippen LogP contribution in [0.25, 0.3) is 0 Å². The molecule has 1 atom stereocenters. The Hall–Kier alpha value is -2.57. The zero-order valence-electron chi connectivity index (χ0n) is 13.2. The summed E-state index contributed by atoms with van der Waals surface area (Å²) in [6, 6.07) is 5.38. The quantitative estimate of drug-likeness (QED) is 0.789. The van der Waals surface area contributed by atoms with Gasteiger partial charge in [-0.15, -0.1) is 0 Å². The molecule has 1 aromatic rings. The Labute approximate surface area is 134 Å². The Bertz CT molecular complexity index is 615. The summed E-state index contributed by atoms with van der Waals surface area (Å²) in [6.07, 6.45) is 1.15. The second-order valence-corrected chi connectivity index (χ2v) is 5.83. The average molecular weight is 319 g/mol. The first kappa shape index (κ1) is 16.8. The van der Waals surface area contributed by atoms with Gasteiger partial charge in [0.25, 0.3) is 5.91 Å². The van der Waals surface area contributed by atoms with Gasteiger partial charge < -0.3 is 20.6 Å². The number of carboxylic acid groups (broad SMARTS) is 1. The number of carbonyl (C=O) groups is 3. The predicted molar refractivity (Wildman–Crippen MR) is 85.4 cm³/mol. The van der Waals surface area contributed by atoms with Crippen LogP contribution in [0.1, 0.15) is 37.0 Å². The molecule has 0 aromatic heterocycles. The summed E-state index contributed by atoms with van der Waals surface area (Å²) < 4.78 is 0. The van der Waals surface area contributed by atoms with Gasteiger partial charge in [-0.2, -0.15) is 0 Å². The summed E-state index contributed by atoms with van der Waals surface area (Å²) in [6.45, 7) is 4.12. The van der Waals surface area contributed by atoms with E-state index in [2.05, 4.69) is 10.6 Å². The molecule has 1 fully saturated rings.